The summed E-state index contributed by atoms with van der Waals surface area (Å²) in [6, 6.07) is 4.18. The van der Waals surface area contributed by atoms with E-state index < -0.39 is 17.8 Å². The van der Waals surface area contributed by atoms with Crippen LogP contribution in [-0.4, -0.2) is 24.1 Å². The van der Waals surface area contributed by atoms with E-state index in [4.69, 9.17) is 4.74 Å². The average molecular weight is 330 g/mol. The van der Waals surface area contributed by atoms with Gasteiger partial charge >= 0.3 is 5.97 Å². The molecule has 0 aliphatic heterocycles. The van der Waals surface area contributed by atoms with Crippen molar-refractivity contribution in [3.05, 3.63) is 34.4 Å². The first kappa shape index (κ1) is 18.4. The molecule has 4 nitrogen and oxygen atoms in total. The van der Waals surface area contributed by atoms with Crippen LogP contribution in [-0.2, 0) is 32.0 Å². The highest BCUT2D eigenvalue weighted by molar-refractivity contribution is 5.98. The second-order valence-corrected chi connectivity index (χ2v) is 6.63. The standard InChI is InChI=1S/C20H26O4/c1-5-14-8-12(3)7-13(4)16(14)11-19(22)17-9-15(21)10-18(17)20(23)24-6-2/h7-8,17-18H,5-6,9-11H2,1-4H3. The second-order valence-electron chi connectivity index (χ2n) is 6.63. The normalized spacial score (nSPS) is 20.2. The maximum atomic E-state index is 12.8. The van der Waals surface area contributed by atoms with E-state index in [9.17, 15) is 14.4 Å². The zero-order chi connectivity index (χ0) is 17.9. The molecule has 0 bridgehead atoms. The summed E-state index contributed by atoms with van der Waals surface area (Å²) in [6.45, 7) is 8.13. The van der Waals surface area contributed by atoms with Gasteiger partial charge in [-0.05, 0) is 43.9 Å². The Labute approximate surface area is 143 Å². The Morgan fingerprint density at radius 2 is 1.79 bits per heavy atom. The van der Waals surface area contributed by atoms with E-state index in [0.29, 0.717) is 0 Å². The molecule has 0 N–H and O–H groups in total. The molecular formula is C20H26O4. The fourth-order valence-corrected chi connectivity index (χ4v) is 3.65. The van der Waals surface area contributed by atoms with Gasteiger partial charge in [-0.2, -0.15) is 0 Å². The summed E-state index contributed by atoms with van der Waals surface area (Å²) in [5.41, 5.74) is 4.48. The minimum atomic E-state index is -0.610. The maximum Gasteiger partial charge on any atom is 0.310 e. The third kappa shape index (κ3) is 3.92. The van der Waals surface area contributed by atoms with E-state index in [1.54, 1.807) is 6.92 Å². The summed E-state index contributed by atoms with van der Waals surface area (Å²) < 4.78 is 5.05. The Hall–Kier alpha value is -1.97. The van der Waals surface area contributed by atoms with Crippen molar-refractivity contribution < 1.29 is 19.1 Å². The predicted octanol–water partition coefficient (Wildman–Crippen LogP) is 3.14. The van der Waals surface area contributed by atoms with Gasteiger partial charge in [0.15, 0.2) is 0 Å². The van der Waals surface area contributed by atoms with Crippen LogP contribution in [0.25, 0.3) is 0 Å². The van der Waals surface area contributed by atoms with Gasteiger partial charge < -0.3 is 4.74 Å². The molecule has 2 unspecified atom stereocenters. The molecular weight excluding hydrogens is 304 g/mol. The predicted molar refractivity (Wildman–Crippen MR) is 91.9 cm³/mol. The summed E-state index contributed by atoms with van der Waals surface area (Å²) >= 11 is 0. The van der Waals surface area contributed by atoms with Crippen molar-refractivity contribution in [3.63, 3.8) is 0 Å². The second kappa shape index (κ2) is 7.73. The third-order valence-electron chi connectivity index (χ3n) is 4.83. The zero-order valence-corrected chi connectivity index (χ0v) is 15.0. The van der Waals surface area contributed by atoms with Gasteiger partial charge in [-0.15, -0.1) is 0 Å². The minimum absolute atomic E-state index is 0.0252. The highest BCUT2D eigenvalue weighted by Crippen LogP contribution is 2.33. The molecule has 1 aromatic rings. The van der Waals surface area contributed by atoms with Crippen LogP contribution < -0.4 is 0 Å². The van der Waals surface area contributed by atoms with E-state index in [-0.39, 0.29) is 37.4 Å². The highest BCUT2D eigenvalue weighted by atomic mass is 16.5. The average Bonchev–Trinajstić information content (AvgIpc) is 2.92. The van der Waals surface area contributed by atoms with E-state index in [2.05, 4.69) is 19.1 Å². The van der Waals surface area contributed by atoms with Crippen molar-refractivity contribution in [2.24, 2.45) is 11.8 Å². The fourth-order valence-electron chi connectivity index (χ4n) is 3.65. The van der Waals surface area contributed by atoms with Gasteiger partial charge in [0.2, 0.25) is 0 Å². The molecule has 1 aliphatic rings. The van der Waals surface area contributed by atoms with Crippen molar-refractivity contribution in [2.75, 3.05) is 6.61 Å². The molecule has 1 saturated carbocycles. The first-order valence-corrected chi connectivity index (χ1v) is 8.67. The topological polar surface area (TPSA) is 60.4 Å². The van der Waals surface area contributed by atoms with E-state index in [1.165, 1.54) is 5.56 Å². The number of carbonyl (C=O) groups excluding carboxylic acids is 3. The number of ether oxygens (including phenoxy) is 1. The molecule has 0 saturated heterocycles. The molecule has 2 rings (SSSR count). The molecule has 0 amide bonds. The molecule has 0 spiro atoms. The van der Waals surface area contributed by atoms with Crippen LogP contribution in [0.4, 0.5) is 0 Å². The number of ketones is 2. The number of hydrogen-bond acceptors (Lipinski definition) is 4. The number of Topliss-reactive ketones (excluding diaryl/α,β-unsaturated/α-hetero) is 2. The van der Waals surface area contributed by atoms with Gasteiger partial charge in [0.1, 0.15) is 11.6 Å². The first-order valence-electron chi connectivity index (χ1n) is 8.67. The number of hydrogen-bond donors (Lipinski definition) is 0. The maximum absolute atomic E-state index is 12.8. The smallest absolute Gasteiger partial charge is 0.310 e. The molecule has 2 atom stereocenters. The minimum Gasteiger partial charge on any atom is -0.466 e. The Bertz CT molecular complexity index is 660. The number of carbonyl (C=O) groups is 3. The molecule has 0 aromatic heterocycles. The number of esters is 1. The van der Waals surface area contributed by atoms with Crippen LogP contribution in [0.5, 0.6) is 0 Å². The van der Waals surface area contributed by atoms with Crippen LogP contribution in [0, 0.1) is 25.7 Å². The summed E-state index contributed by atoms with van der Waals surface area (Å²) in [5.74, 6) is -1.62. The van der Waals surface area contributed by atoms with Crippen molar-refractivity contribution in [1.82, 2.24) is 0 Å². The molecule has 1 fully saturated rings. The summed E-state index contributed by atoms with van der Waals surface area (Å²) in [5, 5.41) is 0. The van der Waals surface area contributed by atoms with E-state index in [1.807, 2.05) is 13.8 Å². The number of aryl methyl sites for hydroxylation is 3. The summed E-state index contributed by atoms with van der Waals surface area (Å²) in [7, 11) is 0. The van der Waals surface area contributed by atoms with Crippen molar-refractivity contribution in [2.45, 2.75) is 53.4 Å². The van der Waals surface area contributed by atoms with Crippen molar-refractivity contribution in [1.29, 1.82) is 0 Å². The Morgan fingerprint density at radius 1 is 1.12 bits per heavy atom. The molecule has 1 aliphatic carbocycles. The van der Waals surface area contributed by atoms with Gasteiger partial charge in [-0.1, -0.05) is 24.6 Å². The molecule has 130 valence electrons. The quantitative estimate of drug-likeness (QED) is 0.752. The van der Waals surface area contributed by atoms with Gasteiger partial charge in [0.05, 0.1) is 12.5 Å². The van der Waals surface area contributed by atoms with Crippen LogP contribution >= 0.6 is 0 Å². The van der Waals surface area contributed by atoms with Gasteiger partial charge in [-0.3, -0.25) is 14.4 Å². The lowest BCUT2D eigenvalue weighted by Gasteiger charge is -2.18. The lowest BCUT2D eigenvalue weighted by Crippen LogP contribution is -2.28. The molecule has 24 heavy (non-hydrogen) atoms. The number of benzene rings is 1. The molecule has 0 radical (unpaired) electrons. The van der Waals surface area contributed by atoms with Gasteiger partial charge in [0, 0.05) is 25.2 Å². The SMILES string of the molecule is CCOC(=O)C1CC(=O)CC1C(=O)Cc1c(C)cc(C)cc1CC. The highest BCUT2D eigenvalue weighted by Gasteiger charge is 2.42. The first-order chi connectivity index (χ1) is 11.4. The van der Waals surface area contributed by atoms with E-state index >= 15 is 0 Å². The lowest BCUT2D eigenvalue weighted by molar-refractivity contribution is -0.151. The van der Waals surface area contributed by atoms with Crippen LogP contribution in [0.3, 0.4) is 0 Å². The van der Waals surface area contributed by atoms with Crippen molar-refractivity contribution >= 4 is 17.5 Å². The molecule has 0 heterocycles. The van der Waals surface area contributed by atoms with Crippen molar-refractivity contribution in [3.8, 4) is 0 Å². The summed E-state index contributed by atoms with van der Waals surface area (Å²) in [4.78, 5) is 36.7. The Morgan fingerprint density at radius 3 is 2.42 bits per heavy atom. The van der Waals surface area contributed by atoms with Crippen LogP contribution in [0.15, 0.2) is 12.1 Å². The lowest BCUT2D eigenvalue weighted by atomic mass is 9.86. The Kier molecular flexibility index (Phi) is 5.92. The number of rotatable bonds is 6. The van der Waals surface area contributed by atoms with Crippen LogP contribution in [0.2, 0.25) is 0 Å². The van der Waals surface area contributed by atoms with E-state index in [0.717, 1.165) is 23.1 Å². The molecule has 4 heteroatoms. The zero-order valence-electron chi connectivity index (χ0n) is 15.0. The fraction of sp³-hybridized carbons (Fsp3) is 0.550. The van der Waals surface area contributed by atoms with Gasteiger partial charge in [0.25, 0.3) is 0 Å². The van der Waals surface area contributed by atoms with Crippen LogP contribution in [0.1, 0.15) is 48.9 Å². The summed E-state index contributed by atoms with van der Waals surface area (Å²) in [6.07, 6.45) is 1.43. The third-order valence-corrected chi connectivity index (χ3v) is 4.83. The monoisotopic (exact) mass is 330 g/mol. The van der Waals surface area contributed by atoms with Gasteiger partial charge in [-0.25, -0.2) is 0 Å². The Balaban J connectivity index is 2.22. The largest absolute Gasteiger partial charge is 0.466 e. The molecule has 1 aromatic carbocycles.